The molecule has 0 aliphatic carbocycles. The van der Waals surface area contributed by atoms with Crippen LogP contribution >= 0.6 is 22.9 Å². The van der Waals surface area contributed by atoms with E-state index in [1.54, 1.807) is 22.8 Å². The van der Waals surface area contributed by atoms with Crippen molar-refractivity contribution in [1.82, 2.24) is 4.57 Å². The van der Waals surface area contributed by atoms with Gasteiger partial charge in [-0.05, 0) is 47.9 Å². The van der Waals surface area contributed by atoms with E-state index in [2.05, 4.69) is 4.99 Å². The van der Waals surface area contributed by atoms with E-state index in [-0.39, 0.29) is 12.5 Å². The summed E-state index contributed by atoms with van der Waals surface area (Å²) in [5.41, 5.74) is 4.15. The average molecular weight is 451 g/mol. The van der Waals surface area contributed by atoms with Crippen LogP contribution in [0.1, 0.15) is 15.9 Å². The standard InChI is InChI=1S/C24H19ClN2O3S/c1-15-19(25)12-13-20-22(15)27(14-21(28)30-2)24(31-20)26-23(29)18-10-8-17(9-11-18)16-6-4-3-5-7-16/h3-13H,14H2,1-2H3. The molecule has 0 saturated heterocycles. The zero-order chi connectivity index (χ0) is 22.0. The van der Waals surface area contributed by atoms with Crippen LogP contribution in [0.25, 0.3) is 21.3 Å². The van der Waals surface area contributed by atoms with Gasteiger partial charge in [0, 0.05) is 10.6 Å². The number of aryl methyl sites for hydroxylation is 1. The predicted molar refractivity (Wildman–Crippen MR) is 123 cm³/mol. The van der Waals surface area contributed by atoms with Crippen molar-refractivity contribution in [3.63, 3.8) is 0 Å². The van der Waals surface area contributed by atoms with Gasteiger partial charge in [-0.25, -0.2) is 0 Å². The van der Waals surface area contributed by atoms with Gasteiger partial charge in [-0.2, -0.15) is 4.99 Å². The van der Waals surface area contributed by atoms with E-state index in [1.165, 1.54) is 18.4 Å². The van der Waals surface area contributed by atoms with Gasteiger partial charge < -0.3 is 9.30 Å². The number of benzene rings is 3. The molecule has 0 bridgehead atoms. The van der Waals surface area contributed by atoms with Crippen LogP contribution in [0.4, 0.5) is 0 Å². The number of methoxy groups -OCH3 is 1. The predicted octanol–water partition coefficient (Wildman–Crippen LogP) is 5.25. The Kier molecular flexibility index (Phi) is 6.02. The Morgan fingerprint density at radius 2 is 1.68 bits per heavy atom. The quantitative estimate of drug-likeness (QED) is 0.399. The van der Waals surface area contributed by atoms with Crippen LogP contribution in [0.15, 0.2) is 71.7 Å². The van der Waals surface area contributed by atoms with Crippen LogP contribution < -0.4 is 4.80 Å². The first-order valence-electron chi connectivity index (χ1n) is 9.57. The summed E-state index contributed by atoms with van der Waals surface area (Å²) < 4.78 is 7.40. The fraction of sp³-hybridized carbons (Fsp3) is 0.125. The third-order valence-corrected chi connectivity index (χ3v) is 6.43. The Bertz CT molecular complexity index is 1340. The Morgan fingerprint density at radius 1 is 1.00 bits per heavy atom. The van der Waals surface area contributed by atoms with Crippen molar-refractivity contribution in [3.8, 4) is 11.1 Å². The first-order valence-corrected chi connectivity index (χ1v) is 10.8. The number of hydrogen-bond acceptors (Lipinski definition) is 4. The number of aromatic nitrogens is 1. The topological polar surface area (TPSA) is 60.7 Å². The summed E-state index contributed by atoms with van der Waals surface area (Å²) in [6.07, 6.45) is 0. The molecule has 0 aliphatic heterocycles. The summed E-state index contributed by atoms with van der Waals surface area (Å²) in [6.45, 7) is 1.82. The van der Waals surface area contributed by atoms with E-state index < -0.39 is 5.97 Å². The molecule has 4 rings (SSSR count). The largest absolute Gasteiger partial charge is 0.468 e. The normalized spacial score (nSPS) is 11.6. The van der Waals surface area contributed by atoms with Crippen LogP contribution in [-0.2, 0) is 16.1 Å². The van der Waals surface area contributed by atoms with Crippen LogP contribution in [0.2, 0.25) is 5.02 Å². The van der Waals surface area contributed by atoms with E-state index in [0.717, 1.165) is 26.9 Å². The maximum atomic E-state index is 12.9. The molecule has 0 spiro atoms. The lowest BCUT2D eigenvalue weighted by atomic mass is 10.0. The number of rotatable bonds is 4. The van der Waals surface area contributed by atoms with Gasteiger partial charge in [0.2, 0.25) is 0 Å². The van der Waals surface area contributed by atoms with Gasteiger partial charge in [-0.3, -0.25) is 9.59 Å². The number of thiazole rings is 1. The van der Waals surface area contributed by atoms with E-state index in [4.69, 9.17) is 16.3 Å². The molecule has 0 radical (unpaired) electrons. The molecule has 156 valence electrons. The van der Waals surface area contributed by atoms with Gasteiger partial charge in [0.25, 0.3) is 5.91 Å². The zero-order valence-corrected chi connectivity index (χ0v) is 18.5. The minimum Gasteiger partial charge on any atom is -0.468 e. The molecule has 0 atom stereocenters. The van der Waals surface area contributed by atoms with Crippen LogP contribution in [-0.4, -0.2) is 23.6 Å². The van der Waals surface area contributed by atoms with E-state index in [1.807, 2.05) is 55.5 Å². The van der Waals surface area contributed by atoms with E-state index in [0.29, 0.717) is 15.4 Å². The highest BCUT2D eigenvalue weighted by Crippen LogP contribution is 2.27. The zero-order valence-electron chi connectivity index (χ0n) is 17.0. The second kappa shape index (κ2) is 8.88. The highest BCUT2D eigenvalue weighted by atomic mass is 35.5. The van der Waals surface area contributed by atoms with Crippen molar-refractivity contribution in [2.24, 2.45) is 4.99 Å². The number of fused-ring (bicyclic) bond motifs is 1. The van der Waals surface area contributed by atoms with Gasteiger partial charge >= 0.3 is 5.97 Å². The molecule has 0 aliphatic rings. The number of carbonyl (C=O) groups is 2. The Labute approximate surface area is 188 Å². The minimum absolute atomic E-state index is 0.0588. The molecule has 0 fully saturated rings. The number of halogens is 1. The van der Waals surface area contributed by atoms with E-state index in [9.17, 15) is 9.59 Å². The molecule has 1 aromatic heterocycles. The third-order valence-electron chi connectivity index (χ3n) is 4.98. The maximum Gasteiger partial charge on any atom is 0.325 e. The summed E-state index contributed by atoms with van der Waals surface area (Å²) in [7, 11) is 1.33. The highest BCUT2D eigenvalue weighted by molar-refractivity contribution is 7.16. The first-order chi connectivity index (χ1) is 15.0. The van der Waals surface area contributed by atoms with Gasteiger partial charge in [-0.15, -0.1) is 0 Å². The molecule has 0 unspecified atom stereocenters. The number of esters is 1. The molecule has 1 heterocycles. The van der Waals surface area contributed by atoms with Crippen molar-refractivity contribution in [1.29, 1.82) is 0 Å². The Hall–Kier alpha value is -3.22. The van der Waals surface area contributed by atoms with Gasteiger partial charge in [0.1, 0.15) is 6.54 Å². The van der Waals surface area contributed by atoms with Gasteiger partial charge in [0.05, 0.1) is 17.3 Å². The maximum absolute atomic E-state index is 12.9. The lowest BCUT2D eigenvalue weighted by Crippen LogP contribution is -2.22. The fourth-order valence-electron chi connectivity index (χ4n) is 3.33. The summed E-state index contributed by atoms with van der Waals surface area (Å²) in [5, 5.41) is 0.582. The van der Waals surface area contributed by atoms with Crippen molar-refractivity contribution in [3.05, 3.63) is 87.7 Å². The number of ether oxygens (including phenoxy) is 1. The first kappa shape index (κ1) is 21.0. The molecule has 1 amide bonds. The molecule has 0 saturated carbocycles. The lowest BCUT2D eigenvalue weighted by Gasteiger charge is -2.07. The van der Waals surface area contributed by atoms with Crippen molar-refractivity contribution in [2.45, 2.75) is 13.5 Å². The Morgan fingerprint density at radius 3 is 2.35 bits per heavy atom. The number of hydrogen-bond donors (Lipinski definition) is 0. The molecule has 7 heteroatoms. The second-order valence-electron chi connectivity index (χ2n) is 6.93. The second-order valence-corrected chi connectivity index (χ2v) is 8.34. The van der Waals surface area contributed by atoms with Crippen molar-refractivity contribution in [2.75, 3.05) is 7.11 Å². The smallest absolute Gasteiger partial charge is 0.325 e. The average Bonchev–Trinajstić information content (AvgIpc) is 3.14. The summed E-state index contributed by atoms with van der Waals surface area (Å²) in [4.78, 5) is 29.6. The summed E-state index contributed by atoms with van der Waals surface area (Å²) >= 11 is 7.62. The molecular formula is C24H19ClN2O3S. The minimum atomic E-state index is -0.430. The lowest BCUT2D eigenvalue weighted by molar-refractivity contribution is -0.141. The fourth-order valence-corrected chi connectivity index (χ4v) is 4.57. The number of nitrogens with zero attached hydrogens (tertiary/aromatic N) is 2. The summed E-state index contributed by atoms with van der Waals surface area (Å²) in [5.74, 6) is -0.811. The van der Waals surface area contributed by atoms with Gasteiger partial charge in [-0.1, -0.05) is 65.4 Å². The van der Waals surface area contributed by atoms with Crippen molar-refractivity contribution >= 4 is 45.0 Å². The summed E-state index contributed by atoms with van der Waals surface area (Å²) in [6, 6.07) is 20.9. The van der Waals surface area contributed by atoms with Crippen LogP contribution in [0, 0.1) is 6.92 Å². The van der Waals surface area contributed by atoms with Gasteiger partial charge in [0.15, 0.2) is 4.80 Å². The highest BCUT2D eigenvalue weighted by Gasteiger charge is 2.15. The number of amides is 1. The molecule has 4 aromatic rings. The molecule has 31 heavy (non-hydrogen) atoms. The monoisotopic (exact) mass is 450 g/mol. The van der Waals surface area contributed by atoms with Crippen LogP contribution in [0.5, 0.6) is 0 Å². The third kappa shape index (κ3) is 4.31. The number of carbonyl (C=O) groups excluding carboxylic acids is 2. The molecule has 5 nitrogen and oxygen atoms in total. The SMILES string of the molecule is COC(=O)Cn1c(=NC(=O)c2ccc(-c3ccccc3)cc2)sc2ccc(Cl)c(C)c21. The van der Waals surface area contributed by atoms with Crippen molar-refractivity contribution < 1.29 is 14.3 Å². The Balaban J connectivity index is 1.76. The molecular weight excluding hydrogens is 432 g/mol. The van der Waals surface area contributed by atoms with E-state index >= 15 is 0 Å². The molecule has 0 N–H and O–H groups in total. The van der Waals surface area contributed by atoms with Crippen LogP contribution in [0.3, 0.4) is 0 Å². The molecule has 3 aromatic carbocycles.